The van der Waals surface area contributed by atoms with Crippen molar-refractivity contribution in [2.75, 3.05) is 18.5 Å². The van der Waals surface area contributed by atoms with Gasteiger partial charge in [0.1, 0.15) is 0 Å². The number of aryl methyl sites for hydroxylation is 1. The molecular weight excluding hydrogens is 272 g/mol. The second-order valence-corrected chi connectivity index (χ2v) is 7.57. The van der Waals surface area contributed by atoms with Crippen molar-refractivity contribution in [1.82, 2.24) is 14.3 Å². The predicted molar refractivity (Wildman–Crippen MR) is 72.9 cm³/mol. The molecule has 1 aliphatic carbocycles. The summed E-state index contributed by atoms with van der Waals surface area (Å²) >= 11 is 1.72. The van der Waals surface area contributed by atoms with Gasteiger partial charge < -0.3 is 10.3 Å². The van der Waals surface area contributed by atoms with Gasteiger partial charge >= 0.3 is 0 Å². The summed E-state index contributed by atoms with van der Waals surface area (Å²) in [7, 11) is -1.97. The van der Waals surface area contributed by atoms with Gasteiger partial charge in [-0.15, -0.1) is 0 Å². The molecule has 1 aromatic heterocycles. The highest BCUT2D eigenvalue weighted by molar-refractivity contribution is 8.00. The van der Waals surface area contributed by atoms with E-state index in [1.165, 1.54) is 10.9 Å². The quantitative estimate of drug-likeness (QED) is 0.827. The van der Waals surface area contributed by atoms with E-state index in [1.807, 2.05) is 6.26 Å². The lowest BCUT2D eigenvalue weighted by atomic mass is 9.84. The first kappa shape index (κ1) is 13.7. The molecule has 18 heavy (non-hydrogen) atoms. The molecular formula is C10H18N4O2S2. The molecule has 1 heterocycles. The van der Waals surface area contributed by atoms with E-state index >= 15 is 0 Å². The van der Waals surface area contributed by atoms with Crippen LogP contribution in [-0.2, 0) is 17.1 Å². The number of hydrogen-bond donors (Lipinski definition) is 2. The number of nitrogens with two attached hydrogens (primary N) is 1. The van der Waals surface area contributed by atoms with Crippen molar-refractivity contribution in [3.63, 3.8) is 0 Å². The maximum atomic E-state index is 12.2. The molecule has 0 spiro atoms. The van der Waals surface area contributed by atoms with E-state index in [0.29, 0.717) is 6.54 Å². The fourth-order valence-corrected chi connectivity index (χ4v) is 4.45. The first-order chi connectivity index (χ1) is 8.40. The molecule has 6 nitrogen and oxygen atoms in total. The van der Waals surface area contributed by atoms with Crippen LogP contribution < -0.4 is 10.5 Å². The Kier molecular flexibility index (Phi) is 3.61. The van der Waals surface area contributed by atoms with Crippen molar-refractivity contribution in [2.24, 2.45) is 7.05 Å². The largest absolute Gasteiger partial charge is 0.381 e. The number of aromatic nitrogens is 2. The van der Waals surface area contributed by atoms with Gasteiger partial charge in [0.05, 0.1) is 6.33 Å². The van der Waals surface area contributed by atoms with Crippen LogP contribution in [0.25, 0.3) is 0 Å². The zero-order valence-electron chi connectivity index (χ0n) is 10.5. The minimum Gasteiger partial charge on any atom is -0.381 e. The fraction of sp³-hybridized carbons (Fsp3) is 0.700. The number of nitrogens with zero attached hydrogens (tertiary/aromatic N) is 2. The van der Waals surface area contributed by atoms with Crippen molar-refractivity contribution < 1.29 is 8.42 Å². The van der Waals surface area contributed by atoms with E-state index in [-0.39, 0.29) is 15.6 Å². The summed E-state index contributed by atoms with van der Waals surface area (Å²) in [4.78, 5) is 3.80. The van der Waals surface area contributed by atoms with Gasteiger partial charge in [-0.2, -0.15) is 11.8 Å². The van der Waals surface area contributed by atoms with Crippen LogP contribution in [-0.4, -0.2) is 35.5 Å². The zero-order valence-corrected chi connectivity index (χ0v) is 12.1. The third kappa shape index (κ3) is 2.36. The topological polar surface area (TPSA) is 90.0 Å². The maximum Gasteiger partial charge on any atom is 0.260 e. The van der Waals surface area contributed by atoms with Crippen molar-refractivity contribution >= 4 is 27.6 Å². The lowest BCUT2D eigenvalue weighted by molar-refractivity contribution is 0.361. The minimum atomic E-state index is -3.59. The Bertz CT molecular complexity index is 509. The molecule has 0 aliphatic heterocycles. The van der Waals surface area contributed by atoms with Gasteiger partial charge in [0.15, 0.2) is 10.8 Å². The van der Waals surface area contributed by atoms with Crippen LogP contribution in [0.3, 0.4) is 0 Å². The Morgan fingerprint density at radius 1 is 1.61 bits per heavy atom. The van der Waals surface area contributed by atoms with Gasteiger partial charge in [-0.25, -0.2) is 18.1 Å². The standard InChI is InChI=1S/C10H18N4O2S2/c1-14-7-12-8(11)9(14)18(15,16)13-6-10(17-2)4-3-5-10/h7,13H,3-6,11H2,1-2H3. The molecule has 1 saturated carbocycles. The highest BCUT2D eigenvalue weighted by Crippen LogP contribution is 2.42. The predicted octanol–water partition coefficient (Wildman–Crippen LogP) is 0.566. The molecule has 102 valence electrons. The van der Waals surface area contributed by atoms with Gasteiger partial charge in [0, 0.05) is 18.3 Å². The average molecular weight is 290 g/mol. The van der Waals surface area contributed by atoms with E-state index in [4.69, 9.17) is 5.73 Å². The van der Waals surface area contributed by atoms with Crippen LogP contribution in [0.1, 0.15) is 19.3 Å². The first-order valence-corrected chi connectivity index (χ1v) is 8.43. The first-order valence-electron chi connectivity index (χ1n) is 5.72. The van der Waals surface area contributed by atoms with Crippen LogP contribution in [0.5, 0.6) is 0 Å². The van der Waals surface area contributed by atoms with Crippen molar-refractivity contribution in [3.8, 4) is 0 Å². The Morgan fingerprint density at radius 3 is 2.67 bits per heavy atom. The highest BCUT2D eigenvalue weighted by atomic mass is 32.2. The van der Waals surface area contributed by atoms with E-state index in [9.17, 15) is 8.42 Å². The number of thioether (sulfide) groups is 1. The van der Waals surface area contributed by atoms with E-state index in [1.54, 1.807) is 18.8 Å². The van der Waals surface area contributed by atoms with Crippen LogP contribution >= 0.6 is 11.8 Å². The van der Waals surface area contributed by atoms with Gasteiger partial charge in [0.2, 0.25) is 0 Å². The maximum absolute atomic E-state index is 12.2. The molecule has 0 atom stereocenters. The minimum absolute atomic E-state index is 0.0387. The van der Waals surface area contributed by atoms with Crippen molar-refractivity contribution in [2.45, 2.75) is 29.0 Å². The second-order valence-electron chi connectivity index (χ2n) is 4.61. The van der Waals surface area contributed by atoms with E-state index in [2.05, 4.69) is 9.71 Å². The molecule has 0 bridgehead atoms. The smallest absolute Gasteiger partial charge is 0.260 e. The summed E-state index contributed by atoms with van der Waals surface area (Å²) in [5.41, 5.74) is 5.59. The molecule has 1 aromatic rings. The molecule has 0 unspecified atom stereocenters. The Balaban J connectivity index is 2.13. The van der Waals surface area contributed by atoms with Crippen LogP contribution in [0.4, 0.5) is 5.82 Å². The lowest BCUT2D eigenvalue weighted by Gasteiger charge is -2.40. The average Bonchev–Trinajstić information content (AvgIpc) is 2.58. The third-order valence-electron chi connectivity index (χ3n) is 3.45. The monoisotopic (exact) mass is 290 g/mol. The Morgan fingerprint density at radius 2 is 2.28 bits per heavy atom. The fourth-order valence-electron chi connectivity index (χ4n) is 2.08. The lowest BCUT2D eigenvalue weighted by Crippen LogP contribution is -2.45. The Labute approximate surface area is 111 Å². The molecule has 1 aliphatic rings. The molecule has 0 radical (unpaired) electrons. The summed E-state index contributed by atoms with van der Waals surface area (Å²) in [5, 5.41) is 0.0399. The van der Waals surface area contributed by atoms with Crippen LogP contribution in [0, 0.1) is 0 Å². The normalized spacial score (nSPS) is 18.6. The third-order valence-corrected chi connectivity index (χ3v) is 6.40. The molecule has 1 fully saturated rings. The van der Waals surface area contributed by atoms with E-state index < -0.39 is 10.0 Å². The number of imidazole rings is 1. The molecule has 0 aromatic carbocycles. The van der Waals surface area contributed by atoms with Gasteiger partial charge in [0.25, 0.3) is 10.0 Å². The van der Waals surface area contributed by atoms with Crippen LogP contribution in [0.15, 0.2) is 11.4 Å². The summed E-state index contributed by atoms with van der Waals surface area (Å²) in [6.07, 6.45) is 6.69. The van der Waals surface area contributed by atoms with Gasteiger partial charge in [-0.1, -0.05) is 6.42 Å². The number of hydrogen-bond acceptors (Lipinski definition) is 5. The van der Waals surface area contributed by atoms with E-state index in [0.717, 1.165) is 19.3 Å². The molecule has 8 heteroatoms. The Hall–Kier alpha value is -0.730. The summed E-state index contributed by atoms with van der Waals surface area (Å²) in [5.74, 6) is 0.0387. The molecule has 3 N–H and O–H groups in total. The number of rotatable bonds is 5. The van der Waals surface area contributed by atoms with Gasteiger partial charge in [-0.05, 0) is 19.1 Å². The summed E-state index contributed by atoms with van der Waals surface area (Å²) < 4.78 is 28.5. The van der Waals surface area contributed by atoms with Gasteiger partial charge in [-0.3, -0.25) is 0 Å². The molecule has 2 rings (SSSR count). The highest BCUT2D eigenvalue weighted by Gasteiger charge is 2.37. The number of nitrogen functional groups attached to an aromatic ring is 1. The second kappa shape index (κ2) is 4.75. The molecule has 0 amide bonds. The van der Waals surface area contributed by atoms with Crippen molar-refractivity contribution in [1.29, 1.82) is 0 Å². The summed E-state index contributed by atoms with van der Waals surface area (Å²) in [6.45, 7) is 0.446. The SMILES string of the molecule is CSC1(CNS(=O)(=O)c2c(N)ncn2C)CCC1. The summed E-state index contributed by atoms with van der Waals surface area (Å²) in [6, 6.07) is 0. The molecule has 0 saturated heterocycles. The number of anilines is 1. The van der Waals surface area contributed by atoms with Crippen molar-refractivity contribution in [3.05, 3.63) is 6.33 Å². The number of nitrogens with one attached hydrogen (secondary N) is 1. The zero-order chi connectivity index (χ0) is 13.4. The number of sulfonamides is 1. The van der Waals surface area contributed by atoms with Crippen LogP contribution in [0.2, 0.25) is 0 Å².